The normalized spacial score (nSPS) is 12.9. The predicted octanol–water partition coefficient (Wildman–Crippen LogP) is 1.93. The number of benzene rings is 1. The molecule has 1 rings (SSSR count). The highest BCUT2D eigenvalue weighted by Gasteiger charge is 2.25. The Hall–Kier alpha value is -1.60. The molecule has 0 fully saturated rings. The van der Waals surface area contributed by atoms with Gasteiger partial charge in [0.25, 0.3) is 0 Å². The van der Waals surface area contributed by atoms with Crippen LogP contribution in [0.2, 0.25) is 0 Å². The Balaban J connectivity index is 3.02. The van der Waals surface area contributed by atoms with Crippen LogP contribution in [0, 0.1) is 6.92 Å². The second-order valence-electron chi connectivity index (χ2n) is 4.66. The van der Waals surface area contributed by atoms with E-state index < -0.39 is 22.0 Å². The first-order valence-electron chi connectivity index (χ1n) is 6.80. The molecule has 6 nitrogen and oxygen atoms in total. The van der Waals surface area contributed by atoms with Crippen LogP contribution in [0.25, 0.3) is 0 Å². The molecule has 0 aromatic heterocycles. The van der Waals surface area contributed by atoms with Gasteiger partial charge in [0.15, 0.2) is 0 Å². The number of ether oxygens (including phenoxy) is 1. The number of carbonyl (C=O) groups is 1. The second-order valence-corrected chi connectivity index (χ2v) is 6.38. The third-order valence-corrected chi connectivity index (χ3v) is 4.40. The molecule has 21 heavy (non-hydrogen) atoms. The van der Waals surface area contributed by atoms with E-state index in [1.54, 1.807) is 19.9 Å². The van der Waals surface area contributed by atoms with Crippen molar-refractivity contribution < 1.29 is 23.1 Å². The monoisotopic (exact) mass is 315 g/mol. The number of aryl methyl sites for hydroxylation is 1. The highest BCUT2D eigenvalue weighted by molar-refractivity contribution is 7.89. The van der Waals surface area contributed by atoms with Crippen LogP contribution in [0.5, 0.6) is 5.75 Å². The predicted molar refractivity (Wildman–Crippen MR) is 79.0 cm³/mol. The van der Waals surface area contributed by atoms with E-state index in [0.717, 1.165) is 0 Å². The van der Waals surface area contributed by atoms with Crippen molar-refractivity contribution in [3.8, 4) is 5.75 Å². The fourth-order valence-corrected chi connectivity index (χ4v) is 3.19. The standard InChI is InChI=1S/C14H21NO5S/c1-4-6-12(14(16)17)15-21(18,19)11-7-8-13(20-5-2)10(3)9-11/h7-9,12,15H,4-6H2,1-3H3,(H,16,17)/t12-/m1/s1. The van der Waals surface area contributed by atoms with Crippen molar-refractivity contribution in [3.05, 3.63) is 23.8 Å². The van der Waals surface area contributed by atoms with E-state index in [1.165, 1.54) is 12.1 Å². The van der Waals surface area contributed by atoms with E-state index in [-0.39, 0.29) is 11.3 Å². The quantitative estimate of drug-likeness (QED) is 0.764. The van der Waals surface area contributed by atoms with Crippen LogP contribution in [-0.2, 0) is 14.8 Å². The lowest BCUT2D eigenvalue weighted by Gasteiger charge is -2.15. The van der Waals surface area contributed by atoms with Crippen molar-refractivity contribution in [2.75, 3.05) is 6.61 Å². The van der Waals surface area contributed by atoms with Gasteiger partial charge in [-0.1, -0.05) is 13.3 Å². The molecule has 0 heterocycles. The third kappa shape index (κ3) is 4.71. The maximum atomic E-state index is 12.2. The summed E-state index contributed by atoms with van der Waals surface area (Å²) in [6.45, 7) is 5.87. The van der Waals surface area contributed by atoms with Gasteiger partial charge in [-0.2, -0.15) is 4.72 Å². The number of rotatable bonds is 8. The third-order valence-electron chi connectivity index (χ3n) is 2.93. The molecule has 0 amide bonds. The van der Waals surface area contributed by atoms with E-state index in [2.05, 4.69) is 4.72 Å². The van der Waals surface area contributed by atoms with Gasteiger partial charge < -0.3 is 9.84 Å². The molecule has 0 radical (unpaired) electrons. The summed E-state index contributed by atoms with van der Waals surface area (Å²) < 4.78 is 32.0. The second kappa shape index (κ2) is 7.42. The summed E-state index contributed by atoms with van der Waals surface area (Å²) in [5.41, 5.74) is 0.682. The van der Waals surface area contributed by atoms with Gasteiger partial charge in [-0.3, -0.25) is 4.79 Å². The van der Waals surface area contributed by atoms with Gasteiger partial charge in [-0.15, -0.1) is 0 Å². The number of hydrogen-bond donors (Lipinski definition) is 2. The van der Waals surface area contributed by atoms with Crippen molar-refractivity contribution in [2.45, 2.75) is 44.6 Å². The molecule has 0 aliphatic heterocycles. The van der Waals surface area contributed by atoms with Gasteiger partial charge in [-0.25, -0.2) is 8.42 Å². The van der Waals surface area contributed by atoms with E-state index in [1.807, 2.05) is 6.92 Å². The Bertz CT molecular complexity index is 597. The van der Waals surface area contributed by atoms with Crippen LogP contribution in [0.4, 0.5) is 0 Å². The fourth-order valence-electron chi connectivity index (χ4n) is 1.88. The minimum atomic E-state index is -3.87. The molecule has 0 aliphatic carbocycles. The van der Waals surface area contributed by atoms with Gasteiger partial charge in [0.1, 0.15) is 11.8 Å². The molecule has 0 saturated carbocycles. The van der Waals surface area contributed by atoms with Crippen LogP contribution >= 0.6 is 0 Å². The molecule has 1 aromatic carbocycles. The molecule has 1 aromatic rings. The van der Waals surface area contributed by atoms with Gasteiger partial charge in [0.2, 0.25) is 10.0 Å². The average Bonchev–Trinajstić information content (AvgIpc) is 2.40. The van der Waals surface area contributed by atoms with Crippen molar-refractivity contribution in [2.24, 2.45) is 0 Å². The molecule has 0 aliphatic rings. The lowest BCUT2D eigenvalue weighted by molar-refractivity contribution is -0.139. The maximum Gasteiger partial charge on any atom is 0.321 e. The smallest absolute Gasteiger partial charge is 0.321 e. The molecule has 1 atom stereocenters. The van der Waals surface area contributed by atoms with E-state index in [0.29, 0.717) is 24.3 Å². The molecule has 118 valence electrons. The Morgan fingerprint density at radius 2 is 2.05 bits per heavy atom. The summed E-state index contributed by atoms with van der Waals surface area (Å²) in [7, 11) is -3.87. The summed E-state index contributed by atoms with van der Waals surface area (Å²) in [5.74, 6) is -0.567. The molecule has 0 spiro atoms. The van der Waals surface area contributed by atoms with Crippen LogP contribution in [0.3, 0.4) is 0 Å². The van der Waals surface area contributed by atoms with Crippen molar-refractivity contribution in [1.82, 2.24) is 4.72 Å². The molecular formula is C14H21NO5S. The first-order chi connectivity index (χ1) is 9.81. The number of aliphatic carboxylic acids is 1. The average molecular weight is 315 g/mol. The zero-order valence-corrected chi connectivity index (χ0v) is 13.2. The van der Waals surface area contributed by atoms with Gasteiger partial charge in [0.05, 0.1) is 11.5 Å². The topological polar surface area (TPSA) is 92.7 Å². The van der Waals surface area contributed by atoms with Gasteiger partial charge in [0, 0.05) is 0 Å². The zero-order valence-electron chi connectivity index (χ0n) is 12.4. The largest absolute Gasteiger partial charge is 0.494 e. The Kier molecular flexibility index (Phi) is 6.17. The van der Waals surface area contributed by atoms with Crippen molar-refractivity contribution in [3.63, 3.8) is 0 Å². The summed E-state index contributed by atoms with van der Waals surface area (Å²) in [5, 5.41) is 9.04. The van der Waals surface area contributed by atoms with Crippen LogP contribution in [0.1, 0.15) is 32.3 Å². The molecule has 7 heteroatoms. The zero-order chi connectivity index (χ0) is 16.0. The number of carboxylic acids is 1. The SMILES string of the molecule is CCC[C@@H](NS(=O)(=O)c1ccc(OCC)c(C)c1)C(=O)O. The van der Waals surface area contributed by atoms with E-state index in [4.69, 9.17) is 9.84 Å². The highest BCUT2D eigenvalue weighted by Crippen LogP contribution is 2.22. The summed E-state index contributed by atoms with van der Waals surface area (Å²) >= 11 is 0. The Morgan fingerprint density at radius 1 is 1.38 bits per heavy atom. The number of sulfonamides is 1. The first-order valence-corrected chi connectivity index (χ1v) is 8.28. The summed E-state index contributed by atoms with van der Waals surface area (Å²) in [4.78, 5) is 11.1. The molecule has 2 N–H and O–H groups in total. The van der Waals surface area contributed by atoms with E-state index in [9.17, 15) is 13.2 Å². The van der Waals surface area contributed by atoms with Crippen LogP contribution in [0.15, 0.2) is 23.1 Å². The van der Waals surface area contributed by atoms with Gasteiger partial charge >= 0.3 is 5.97 Å². The molecule has 0 bridgehead atoms. The van der Waals surface area contributed by atoms with Crippen LogP contribution in [-0.4, -0.2) is 32.1 Å². The molecule has 0 unspecified atom stereocenters. The lowest BCUT2D eigenvalue weighted by Crippen LogP contribution is -2.40. The van der Waals surface area contributed by atoms with E-state index >= 15 is 0 Å². The lowest BCUT2D eigenvalue weighted by atomic mass is 10.2. The number of hydrogen-bond acceptors (Lipinski definition) is 4. The Morgan fingerprint density at radius 3 is 2.52 bits per heavy atom. The summed E-state index contributed by atoms with van der Waals surface area (Å²) in [6.07, 6.45) is 0.812. The minimum absolute atomic E-state index is 0.0332. The molecule has 0 saturated heterocycles. The summed E-state index contributed by atoms with van der Waals surface area (Å²) in [6, 6.07) is 3.33. The Labute approximate surface area is 125 Å². The fraction of sp³-hybridized carbons (Fsp3) is 0.500. The van der Waals surface area contributed by atoms with Crippen molar-refractivity contribution >= 4 is 16.0 Å². The number of nitrogens with one attached hydrogen (secondary N) is 1. The number of carboxylic acid groups (broad SMARTS) is 1. The van der Waals surface area contributed by atoms with Gasteiger partial charge in [-0.05, 0) is 44.0 Å². The van der Waals surface area contributed by atoms with Crippen LogP contribution < -0.4 is 9.46 Å². The minimum Gasteiger partial charge on any atom is -0.494 e. The van der Waals surface area contributed by atoms with Crippen molar-refractivity contribution in [1.29, 1.82) is 0 Å². The highest BCUT2D eigenvalue weighted by atomic mass is 32.2. The molecular weight excluding hydrogens is 294 g/mol. The first kappa shape index (κ1) is 17.5. The maximum absolute atomic E-state index is 12.2.